The van der Waals surface area contributed by atoms with Crippen LogP contribution in [0.15, 0.2) is 59.1 Å². The highest BCUT2D eigenvalue weighted by Gasteiger charge is 2.24. The van der Waals surface area contributed by atoms with E-state index in [4.69, 9.17) is 14.0 Å². The zero-order valence-electron chi connectivity index (χ0n) is 17.3. The van der Waals surface area contributed by atoms with Gasteiger partial charge in [-0.25, -0.2) is 0 Å². The Morgan fingerprint density at radius 1 is 1.20 bits per heavy atom. The number of aryl methyl sites for hydroxylation is 1. The fourth-order valence-corrected chi connectivity index (χ4v) is 3.63. The summed E-state index contributed by atoms with van der Waals surface area (Å²) in [5, 5.41) is 4.20. The van der Waals surface area contributed by atoms with E-state index in [1.807, 2.05) is 61.5 Å². The fourth-order valence-electron chi connectivity index (χ4n) is 3.63. The van der Waals surface area contributed by atoms with Gasteiger partial charge in [-0.1, -0.05) is 35.0 Å². The van der Waals surface area contributed by atoms with Crippen LogP contribution in [0.2, 0.25) is 0 Å². The average molecular weight is 406 g/mol. The highest BCUT2D eigenvalue weighted by molar-refractivity contribution is 5.94. The summed E-state index contributed by atoms with van der Waals surface area (Å²) >= 11 is 0. The van der Waals surface area contributed by atoms with Crippen LogP contribution >= 0.6 is 0 Å². The number of nitrogens with zero attached hydrogens (tertiary/aromatic N) is 2. The summed E-state index contributed by atoms with van der Waals surface area (Å²) in [6.07, 6.45) is 2.05. The van der Waals surface area contributed by atoms with Crippen LogP contribution in [0.3, 0.4) is 0 Å². The van der Waals surface area contributed by atoms with Crippen molar-refractivity contribution in [2.45, 2.75) is 32.4 Å². The molecule has 1 fully saturated rings. The minimum Gasteiger partial charge on any atom is -0.497 e. The molecule has 6 nitrogen and oxygen atoms in total. The highest BCUT2D eigenvalue weighted by Crippen LogP contribution is 2.25. The van der Waals surface area contributed by atoms with Gasteiger partial charge in [0.25, 0.3) is 5.91 Å². The molecule has 1 aliphatic rings. The molecular formula is C24H26N2O4. The van der Waals surface area contributed by atoms with Crippen LogP contribution in [-0.4, -0.2) is 42.3 Å². The van der Waals surface area contributed by atoms with Crippen molar-refractivity contribution < 1.29 is 18.8 Å². The number of amides is 1. The summed E-state index contributed by atoms with van der Waals surface area (Å²) in [5.74, 6) is 1.36. The predicted molar refractivity (Wildman–Crippen MR) is 113 cm³/mol. The van der Waals surface area contributed by atoms with E-state index in [1.165, 1.54) is 0 Å². The summed E-state index contributed by atoms with van der Waals surface area (Å²) in [7, 11) is 1.63. The van der Waals surface area contributed by atoms with E-state index in [0.717, 1.165) is 36.3 Å². The third-order valence-electron chi connectivity index (χ3n) is 5.30. The van der Waals surface area contributed by atoms with Crippen LogP contribution in [0.5, 0.6) is 5.75 Å². The summed E-state index contributed by atoms with van der Waals surface area (Å²) < 4.78 is 16.6. The molecule has 1 unspecified atom stereocenters. The zero-order chi connectivity index (χ0) is 20.9. The molecule has 0 radical (unpaired) electrons. The van der Waals surface area contributed by atoms with Crippen LogP contribution in [0, 0.1) is 6.92 Å². The second kappa shape index (κ2) is 9.13. The van der Waals surface area contributed by atoms with Gasteiger partial charge < -0.3 is 18.9 Å². The molecule has 0 N–H and O–H groups in total. The molecule has 156 valence electrons. The van der Waals surface area contributed by atoms with E-state index < -0.39 is 0 Å². The third kappa shape index (κ3) is 4.71. The van der Waals surface area contributed by atoms with Crippen LogP contribution in [0.1, 0.15) is 34.5 Å². The normalized spacial score (nSPS) is 15.9. The topological polar surface area (TPSA) is 64.8 Å². The maximum absolute atomic E-state index is 13.2. The van der Waals surface area contributed by atoms with Crippen molar-refractivity contribution in [3.05, 3.63) is 71.4 Å². The van der Waals surface area contributed by atoms with Gasteiger partial charge in [-0.3, -0.25) is 4.79 Å². The minimum absolute atomic E-state index is 0.0311. The van der Waals surface area contributed by atoms with Gasteiger partial charge in [-0.15, -0.1) is 0 Å². The average Bonchev–Trinajstić information content (AvgIpc) is 3.46. The van der Waals surface area contributed by atoms with Gasteiger partial charge in [0.05, 0.1) is 19.8 Å². The molecule has 0 spiro atoms. The number of benzene rings is 2. The lowest BCUT2D eigenvalue weighted by molar-refractivity contribution is 0.0502. The summed E-state index contributed by atoms with van der Waals surface area (Å²) in [4.78, 5) is 15.0. The molecular weight excluding hydrogens is 380 g/mol. The molecule has 0 saturated carbocycles. The maximum atomic E-state index is 13.2. The predicted octanol–water partition coefficient (Wildman–Crippen LogP) is 4.48. The molecule has 1 aromatic heterocycles. The quantitative estimate of drug-likeness (QED) is 0.579. The molecule has 3 aromatic rings. The Hall–Kier alpha value is -3.12. The first-order valence-electron chi connectivity index (χ1n) is 10.2. The summed E-state index contributed by atoms with van der Waals surface area (Å²) in [6.45, 7) is 3.66. The second-order valence-corrected chi connectivity index (χ2v) is 7.60. The number of ether oxygens (including phenoxy) is 2. The van der Waals surface area contributed by atoms with Crippen LogP contribution in [0.4, 0.5) is 0 Å². The van der Waals surface area contributed by atoms with Crippen molar-refractivity contribution in [1.82, 2.24) is 10.1 Å². The molecule has 1 aliphatic heterocycles. The molecule has 0 bridgehead atoms. The Kier molecular flexibility index (Phi) is 6.14. The van der Waals surface area contributed by atoms with E-state index in [0.29, 0.717) is 30.1 Å². The number of hydrogen-bond donors (Lipinski definition) is 0. The lowest BCUT2D eigenvalue weighted by Gasteiger charge is -2.24. The first-order valence-corrected chi connectivity index (χ1v) is 10.2. The van der Waals surface area contributed by atoms with Gasteiger partial charge in [0, 0.05) is 30.3 Å². The number of rotatable bonds is 7. The first-order chi connectivity index (χ1) is 14.6. The van der Waals surface area contributed by atoms with Crippen LogP contribution in [-0.2, 0) is 11.3 Å². The van der Waals surface area contributed by atoms with E-state index in [9.17, 15) is 4.79 Å². The van der Waals surface area contributed by atoms with Gasteiger partial charge in [0.1, 0.15) is 11.4 Å². The molecule has 0 aliphatic carbocycles. The molecule has 4 rings (SSSR count). The minimum atomic E-state index is -0.0311. The molecule has 1 saturated heterocycles. The Balaban J connectivity index is 1.54. The Morgan fingerprint density at radius 2 is 2.03 bits per heavy atom. The lowest BCUT2D eigenvalue weighted by atomic mass is 10.1. The van der Waals surface area contributed by atoms with E-state index in [2.05, 4.69) is 5.16 Å². The lowest BCUT2D eigenvalue weighted by Crippen LogP contribution is -2.37. The van der Waals surface area contributed by atoms with Crippen molar-refractivity contribution in [3.63, 3.8) is 0 Å². The second-order valence-electron chi connectivity index (χ2n) is 7.60. The van der Waals surface area contributed by atoms with E-state index >= 15 is 0 Å². The standard InChI is InChI=1S/C24H26N2O4/c1-17-8-10-18(11-9-17)24(27)26(16-22-7-4-12-29-22)15-20-14-23(30-25-20)19-5-3-6-21(13-19)28-2/h3,5-6,8-11,13-14,22H,4,7,12,15-16H2,1-2H3. The van der Waals surface area contributed by atoms with Gasteiger partial charge in [0.15, 0.2) is 5.76 Å². The van der Waals surface area contributed by atoms with E-state index in [1.54, 1.807) is 12.0 Å². The molecule has 30 heavy (non-hydrogen) atoms. The molecule has 2 aromatic carbocycles. The largest absolute Gasteiger partial charge is 0.497 e. The third-order valence-corrected chi connectivity index (χ3v) is 5.30. The number of carbonyl (C=O) groups is 1. The number of aromatic nitrogens is 1. The van der Waals surface area contributed by atoms with Crippen LogP contribution in [0.25, 0.3) is 11.3 Å². The number of carbonyl (C=O) groups excluding carboxylic acids is 1. The van der Waals surface area contributed by atoms with E-state index in [-0.39, 0.29) is 12.0 Å². The fraction of sp³-hybridized carbons (Fsp3) is 0.333. The molecule has 1 atom stereocenters. The van der Waals surface area contributed by atoms with Gasteiger partial charge in [0.2, 0.25) is 0 Å². The van der Waals surface area contributed by atoms with Gasteiger partial charge >= 0.3 is 0 Å². The Morgan fingerprint density at radius 3 is 2.77 bits per heavy atom. The highest BCUT2D eigenvalue weighted by atomic mass is 16.5. The first kappa shape index (κ1) is 20.2. The summed E-state index contributed by atoms with van der Waals surface area (Å²) in [6, 6.07) is 17.1. The number of methoxy groups -OCH3 is 1. The SMILES string of the molecule is COc1cccc(-c2cc(CN(CC3CCCO3)C(=O)c3ccc(C)cc3)no2)c1. The Labute approximate surface area is 176 Å². The van der Waals surface area contributed by atoms with Gasteiger partial charge in [-0.2, -0.15) is 0 Å². The van der Waals surface area contributed by atoms with Crippen molar-refractivity contribution in [1.29, 1.82) is 0 Å². The van der Waals surface area contributed by atoms with Gasteiger partial charge in [-0.05, 0) is 44.0 Å². The Bertz CT molecular complexity index is 990. The maximum Gasteiger partial charge on any atom is 0.254 e. The van der Waals surface area contributed by atoms with Crippen LogP contribution < -0.4 is 4.74 Å². The molecule has 6 heteroatoms. The van der Waals surface area contributed by atoms with Crippen molar-refractivity contribution in [2.24, 2.45) is 0 Å². The smallest absolute Gasteiger partial charge is 0.254 e. The molecule has 2 heterocycles. The monoisotopic (exact) mass is 406 g/mol. The van der Waals surface area contributed by atoms with Crippen molar-refractivity contribution >= 4 is 5.91 Å². The molecule has 1 amide bonds. The van der Waals surface area contributed by atoms with Crippen molar-refractivity contribution in [3.8, 4) is 17.1 Å². The summed E-state index contributed by atoms with van der Waals surface area (Å²) in [5.41, 5.74) is 3.36. The number of hydrogen-bond acceptors (Lipinski definition) is 5. The zero-order valence-corrected chi connectivity index (χ0v) is 17.3. The van der Waals surface area contributed by atoms with Crippen molar-refractivity contribution in [2.75, 3.05) is 20.3 Å².